The molecule has 1 aliphatic heterocycles. The molecule has 2 N–H and O–H groups in total. The summed E-state index contributed by atoms with van der Waals surface area (Å²) in [7, 11) is 1.83. The smallest absolute Gasteiger partial charge is 0.191 e. The van der Waals surface area contributed by atoms with Crippen molar-refractivity contribution in [3.8, 4) is 0 Å². The summed E-state index contributed by atoms with van der Waals surface area (Å²) >= 11 is 0. The molecular formula is C22H32N4O. The van der Waals surface area contributed by atoms with E-state index in [0.717, 1.165) is 56.5 Å². The van der Waals surface area contributed by atoms with Gasteiger partial charge in [-0.3, -0.25) is 9.89 Å². The normalized spacial score (nSPS) is 16.5. The van der Waals surface area contributed by atoms with Gasteiger partial charge in [0.25, 0.3) is 0 Å². The van der Waals surface area contributed by atoms with Crippen molar-refractivity contribution in [1.82, 2.24) is 15.5 Å². The second kappa shape index (κ2) is 9.09. The highest BCUT2D eigenvalue weighted by Crippen LogP contribution is 2.15. The summed E-state index contributed by atoms with van der Waals surface area (Å²) in [4.78, 5) is 6.92. The van der Waals surface area contributed by atoms with E-state index in [4.69, 9.17) is 4.42 Å². The third kappa shape index (κ3) is 5.60. The van der Waals surface area contributed by atoms with E-state index in [-0.39, 0.29) is 0 Å². The first-order valence-electron chi connectivity index (χ1n) is 9.84. The van der Waals surface area contributed by atoms with E-state index in [1.54, 1.807) is 0 Å². The van der Waals surface area contributed by atoms with E-state index in [2.05, 4.69) is 57.8 Å². The maximum Gasteiger partial charge on any atom is 0.191 e. The molecule has 1 aliphatic rings. The van der Waals surface area contributed by atoms with Gasteiger partial charge in [-0.25, -0.2) is 0 Å². The van der Waals surface area contributed by atoms with Crippen molar-refractivity contribution in [2.24, 2.45) is 4.99 Å². The number of hydrogen-bond donors (Lipinski definition) is 2. The third-order valence-electron chi connectivity index (χ3n) is 5.23. The fourth-order valence-corrected chi connectivity index (χ4v) is 3.73. The topological polar surface area (TPSA) is 52.8 Å². The molecular weight excluding hydrogens is 336 g/mol. The molecule has 2 aromatic rings. The molecule has 0 saturated carbocycles. The first kappa shape index (κ1) is 19.5. The molecule has 0 radical (unpaired) electrons. The molecule has 2 heterocycles. The van der Waals surface area contributed by atoms with Crippen LogP contribution >= 0.6 is 0 Å². The fraction of sp³-hybridized carbons (Fsp3) is 0.500. The Kier molecular flexibility index (Phi) is 6.56. The number of nitrogens with zero attached hydrogens (tertiary/aromatic N) is 2. The van der Waals surface area contributed by atoms with Gasteiger partial charge >= 0.3 is 0 Å². The largest absolute Gasteiger partial charge is 0.466 e. The molecule has 1 saturated heterocycles. The van der Waals surface area contributed by atoms with Crippen molar-refractivity contribution < 1.29 is 4.42 Å². The van der Waals surface area contributed by atoms with Crippen molar-refractivity contribution in [3.05, 3.63) is 58.5 Å². The SMILES string of the molecule is CN=C(NCc1cc(C)oc1C)NC1CCN(Cc2cccc(C)c2)CC1. The summed E-state index contributed by atoms with van der Waals surface area (Å²) in [6, 6.07) is 11.4. The van der Waals surface area contributed by atoms with E-state index in [1.165, 1.54) is 16.7 Å². The van der Waals surface area contributed by atoms with E-state index < -0.39 is 0 Å². The van der Waals surface area contributed by atoms with Gasteiger partial charge in [-0.15, -0.1) is 0 Å². The van der Waals surface area contributed by atoms with Gasteiger partial charge in [0, 0.05) is 44.8 Å². The van der Waals surface area contributed by atoms with Crippen LogP contribution in [0.4, 0.5) is 0 Å². The Labute approximate surface area is 162 Å². The molecule has 3 rings (SSSR count). The van der Waals surface area contributed by atoms with Crippen molar-refractivity contribution in [2.45, 2.75) is 52.7 Å². The molecule has 0 aliphatic carbocycles. The van der Waals surface area contributed by atoms with Gasteiger partial charge in [0.2, 0.25) is 0 Å². The summed E-state index contributed by atoms with van der Waals surface area (Å²) in [6.45, 7) is 10.1. The van der Waals surface area contributed by atoms with Crippen molar-refractivity contribution in [2.75, 3.05) is 20.1 Å². The maximum absolute atomic E-state index is 5.59. The second-order valence-corrected chi connectivity index (χ2v) is 7.55. The van der Waals surface area contributed by atoms with Crippen LogP contribution in [0, 0.1) is 20.8 Å². The monoisotopic (exact) mass is 368 g/mol. The van der Waals surface area contributed by atoms with Crippen LogP contribution < -0.4 is 10.6 Å². The summed E-state index contributed by atoms with van der Waals surface area (Å²) in [6.07, 6.45) is 2.27. The number of likely N-dealkylation sites (tertiary alicyclic amines) is 1. The average molecular weight is 369 g/mol. The zero-order chi connectivity index (χ0) is 19.2. The number of nitrogens with one attached hydrogen (secondary N) is 2. The highest BCUT2D eigenvalue weighted by atomic mass is 16.3. The van der Waals surface area contributed by atoms with Crippen LogP contribution in [0.5, 0.6) is 0 Å². The lowest BCUT2D eigenvalue weighted by molar-refractivity contribution is 0.198. The lowest BCUT2D eigenvalue weighted by Crippen LogP contribution is -2.48. The lowest BCUT2D eigenvalue weighted by atomic mass is 10.0. The molecule has 1 aromatic heterocycles. The van der Waals surface area contributed by atoms with Crippen molar-refractivity contribution in [3.63, 3.8) is 0 Å². The zero-order valence-corrected chi connectivity index (χ0v) is 17.0. The molecule has 27 heavy (non-hydrogen) atoms. The number of benzene rings is 1. The Balaban J connectivity index is 1.44. The van der Waals surface area contributed by atoms with Crippen LogP contribution in [-0.2, 0) is 13.1 Å². The average Bonchev–Trinajstić information content (AvgIpc) is 2.97. The van der Waals surface area contributed by atoms with Gasteiger partial charge in [0.1, 0.15) is 11.5 Å². The molecule has 1 aromatic carbocycles. The standard InChI is InChI=1S/C22H32N4O/c1-16-6-5-7-19(12-16)15-26-10-8-21(9-11-26)25-22(23-4)24-14-20-13-17(2)27-18(20)3/h5-7,12-13,21H,8-11,14-15H2,1-4H3,(H2,23,24,25). The number of rotatable bonds is 5. The van der Waals surface area contributed by atoms with Gasteiger partial charge in [-0.1, -0.05) is 29.8 Å². The van der Waals surface area contributed by atoms with E-state index in [1.807, 2.05) is 20.9 Å². The van der Waals surface area contributed by atoms with Gasteiger partial charge in [-0.05, 0) is 45.2 Å². The summed E-state index contributed by atoms with van der Waals surface area (Å²) in [5, 5.41) is 6.99. The molecule has 0 spiro atoms. The Morgan fingerprint density at radius 1 is 1.19 bits per heavy atom. The zero-order valence-electron chi connectivity index (χ0n) is 17.0. The second-order valence-electron chi connectivity index (χ2n) is 7.55. The van der Waals surface area contributed by atoms with E-state index in [0.29, 0.717) is 6.04 Å². The summed E-state index contributed by atoms with van der Waals surface area (Å²) in [5.41, 5.74) is 3.93. The van der Waals surface area contributed by atoms with Gasteiger partial charge in [0.15, 0.2) is 5.96 Å². The van der Waals surface area contributed by atoms with E-state index in [9.17, 15) is 0 Å². The number of hydrogen-bond acceptors (Lipinski definition) is 3. The predicted molar refractivity (Wildman–Crippen MR) is 111 cm³/mol. The molecule has 5 nitrogen and oxygen atoms in total. The first-order chi connectivity index (χ1) is 13.0. The summed E-state index contributed by atoms with van der Waals surface area (Å²) < 4.78 is 5.59. The quantitative estimate of drug-likeness (QED) is 0.626. The van der Waals surface area contributed by atoms with Crippen LogP contribution in [0.2, 0.25) is 0 Å². The highest BCUT2D eigenvalue weighted by Gasteiger charge is 2.20. The molecule has 0 unspecified atom stereocenters. The number of guanidine groups is 1. The van der Waals surface area contributed by atoms with Crippen LogP contribution in [-0.4, -0.2) is 37.0 Å². The molecule has 0 atom stereocenters. The minimum Gasteiger partial charge on any atom is -0.466 e. The summed E-state index contributed by atoms with van der Waals surface area (Å²) in [5.74, 6) is 2.79. The number of furan rings is 1. The minimum atomic E-state index is 0.470. The number of aliphatic imine (C=N–C) groups is 1. The van der Waals surface area contributed by atoms with Crippen molar-refractivity contribution in [1.29, 1.82) is 0 Å². The molecule has 0 amide bonds. The van der Waals surface area contributed by atoms with E-state index >= 15 is 0 Å². The fourth-order valence-electron chi connectivity index (χ4n) is 3.73. The van der Waals surface area contributed by atoms with Crippen LogP contribution in [0.3, 0.4) is 0 Å². The predicted octanol–water partition coefficient (Wildman–Crippen LogP) is 3.53. The molecule has 5 heteroatoms. The molecule has 0 bridgehead atoms. The maximum atomic E-state index is 5.59. The molecule has 146 valence electrons. The Bertz CT molecular complexity index is 772. The number of aryl methyl sites for hydroxylation is 3. The van der Waals surface area contributed by atoms with Gasteiger partial charge in [-0.2, -0.15) is 0 Å². The Hall–Kier alpha value is -2.27. The third-order valence-corrected chi connectivity index (χ3v) is 5.23. The Morgan fingerprint density at radius 2 is 1.96 bits per heavy atom. The van der Waals surface area contributed by atoms with Gasteiger partial charge in [0.05, 0.1) is 0 Å². The van der Waals surface area contributed by atoms with Crippen molar-refractivity contribution >= 4 is 5.96 Å². The highest BCUT2D eigenvalue weighted by molar-refractivity contribution is 5.80. The van der Waals surface area contributed by atoms with Gasteiger partial charge < -0.3 is 15.1 Å². The number of piperidine rings is 1. The minimum absolute atomic E-state index is 0.470. The molecule has 1 fully saturated rings. The van der Waals surface area contributed by atoms with Crippen LogP contribution in [0.1, 0.15) is 41.1 Å². The lowest BCUT2D eigenvalue weighted by Gasteiger charge is -2.33. The van der Waals surface area contributed by atoms with Crippen LogP contribution in [0.15, 0.2) is 39.7 Å². The van der Waals surface area contributed by atoms with Crippen LogP contribution in [0.25, 0.3) is 0 Å². The Morgan fingerprint density at radius 3 is 2.59 bits per heavy atom. The first-order valence-corrected chi connectivity index (χ1v) is 9.84.